The zero-order chi connectivity index (χ0) is 14.2. The van der Waals surface area contributed by atoms with E-state index in [1.807, 2.05) is 19.2 Å². The predicted molar refractivity (Wildman–Crippen MR) is 81.2 cm³/mol. The maximum atomic E-state index is 9.39. The van der Waals surface area contributed by atoms with Gasteiger partial charge in [0.05, 0.1) is 6.04 Å². The van der Waals surface area contributed by atoms with Gasteiger partial charge in [-0.15, -0.1) is 0 Å². The summed E-state index contributed by atoms with van der Waals surface area (Å²) in [5.74, 6) is 0.0270. The summed E-state index contributed by atoms with van der Waals surface area (Å²) < 4.78 is 2.14. The molecular weight excluding hydrogens is 236 g/mol. The van der Waals surface area contributed by atoms with Gasteiger partial charge < -0.3 is 15.4 Å². The number of nitrogens with two attached hydrogens (primary N) is 1. The van der Waals surface area contributed by atoms with Crippen LogP contribution in [0.2, 0.25) is 0 Å². The largest absolute Gasteiger partial charge is 0.511 e. The van der Waals surface area contributed by atoms with Crippen LogP contribution in [0.5, 0.6) is 0 Å². The van der Waals surface area contributed by atoms with Crippen molar-refractivity contribution in [2.75, 3.05) is 0 Å². The Morgan fingerprint density at radius 2 is 2.21 bits per heavy atom. The Balaban J connectivity index is 2.58. The summed E-state index contributed by atoms with van der Waals surface area (Å²) in [6, 6.07) is 5.81. The van der Waals surface area contributed by atoms with Crippen molar-refractivity contribution in [3.05, 3.63) is 53.9 Å². The Hall–Kier alpha value is -2.00. The first kappa shape index (κ1) is 13.4. The van der Waals surface area contributed by atoms with E-state index in [1.165, 1.54) is 5.39 Å². The molecule has 3 nitrogen and oxygen atoms in total. The summed E-state index contributed by atoms with van der Waals surface area (Å²) in [5.41, 5.74) is 10.5. The van der Waals surface area contributed by atoms with Gasteiger partial charge in [0.1, 0.15) is 5.76 Å². The van der Waals surface area contributed by atoms with Gasteiger partial charge >= 0.3 is 0 Å². The zero-order valence-corrected chi connectivity index (χ0v) is 11.5. The molecule has 0 radical (unpaired) electrons. The number of rotatable bonds is 4. The SMILES string of the molecule is C=Cc1ccc2c(CC(N)C(=C)O)c(C)n(C)c2c1. The van der Waals surface area contributed by atoms with Gasteiger partial charge in [-0.05, 0) is 30.5 Å². The van der Waals surface area contributed by atoms with Gasteiger partial charge in [-0.1, -0.05) is 31.4 Å². The smallest absolute Gasteiger partial charge is 0.102 e. The molecule has 2 rings (SSSR count). The van der Waals surface area contributed by atoms with Gasteiger partial charge in [0.2, 0.25) is 0 Å². The molecule has 100 valence electrons. The Kier molecular flexibility index (Phi) is 3.49. The summed E-state index contributed by atoms with van der Waals surface area (Å²) in [6.07, 6.45) is 2.43. The lowest BCUT2D eigenvalue weighted by atomic mass is 10.0. The Morgan fingerprint density at radius 1 is 1.53 bits per heavy atom. The van der Waals surface area contributed by atoms with Crippen LogP contribution in [0.1, 0.15) is 16.8 Å². The second-order valence-corrected chi connectivity index (χ2v) is 4.91. The summed E-state index contributed by atoms with van der Waals surface area (Å²) >= 11 is 0. The van der Waals surface area contributed by atoms with Gasteiger partial charge in [-0.2, -0.15) is 0 Å². The van der Waals surface area contributed by atoms with Crippen molar-refractivity contribution < 1.29 is 5.11 Å². The van der Waals surface area contributed by atoms with Crippen LogP contribution in [-0.2, 0) is 13.5 Å². The highest BCUT2D eigenvalue weighted by atomic mass is 16.3. The molecule has 1 unspecified atom stereocenters. The number of benzene rings is 1. The third-order valence-corrected chi connectivity index (χ3v) is 3.74. The van der Waals surface area contributed by atoms with E-state index in [4.69, 9.17) is 5.73 Å². The number of aromatic nitrogens is 1. The average Bonchev–Trinajstić information content (AvgIpc) is 2.63. The lowest BCUT2D eigenvalue weighted by molar-refractivity contribution is 0.368. The van der Waals surface area contributed by atoms with Crippen LogP contribution in [0.15, 0.2) is 37.1 Å². The van der Waals surface area contributed by atoms with Crippen LogP contribution >= 0.6 is 0 Å². The van der Waals surface area contributed by atoms with E-state index in [2.05, 4.69) is 36.8 Å². The molecular formula is C16H20N2O. The Morgan fingerprint density at radius 3 is 2.79 bits per heavy atom. The lowest BCUT2D eigenvalue weighted by Gasteiger charge is -2.10. The van der Waals surface area contributed by atoms with Gasteiger partial charge in [-0.25, -0.2) is 0 Å². The highest BCUT2D eigenvalue weighted by molar-refractivity contribution is 5.87. The van der Waals surface area contributed by atoms with E-state index in [0.717, 1.165) is 22.3 Å². The van der Waals surface area contributed by atoms with Crippen molar-refractivity contribution in [3.63, 3.8) is 0 Å². The molecule has 0 spiro atoms. The Labute approximate surface area is 113 Å². The third kappa shape index (κ3) is 2.29. The fraction of sp³-hybridized carbons (Fsp3) is 0.250. The molecule has 0 aliphatic rings. The van der Waals surface area contributed by atoms with Gasteiger partial charge in [0, 0.05) is 23.6 Å². The van der Waals surface area contributed by atoms with E-state index >= 15 is 0 Å². The lowest BCUT2D eigenvalue weighted by Crippen LogP contribution is -2.25. The average molecular weight is 256 g/mol. The number of aliphatic hydroxyl groups is 1. The molecule has 0 aliphatic carbocycles. The number of hydrogen-bond acceptors (Lipinski definition) is 2. The first-order valence-electron chi connectivity index (χ1n) is 6.29. The van der Waals surface area contributed by atoms with Crippen LogP contribution in [0, 0.1) is 6.92 Å². The van der Waals surface area contributed by atoms with Gasteiger partial charge in [0.25, 0.3) is 0 Å². The van der Waals surface area contributed by atoms with Crippen molar-refractivity contribution in [3.8, 4) is 0 Å². The van der Waals surface area contributed by atoms with Crippen molar-refractivity contribution >= 4 is 17.0 Å². The summed E-state index contributed by atoms with van der Waals surface area (Å²) in [5, 5.41) is 10.6. The normalized spacial score (nSPS) is 12.6. The number of hydrogen-bond donors (Lipinski definition) is 2. The number of aryl methyl sites for hydroxylation is 1. The molecule has 1 atom stereocenters. The zero-order valence-electron chi connectivity index (χ0n) is 11.5. The molecule has 2 aromatic rings. The number of nitrogens with zero attached hydrogens (tertiary/aromatic N) is 1. The van der Waals surface area contributed by atoms with Crippen LogP contribution < -0.4 is 5.73 Å². The van der Waals surface area contributed by atoms with Crippen LogP contribution in [0.4, 0.5) is 0 Å². The maximum Gasteiger partial charge on any atom is 0.102 e. The maximum absolute atomic E-state index is 9.39. The minimum atomic E-state index is -0.427. The van der Waals surface area contributed by atoms with Crippen molar-refractivity contribution in [1.82, 2.24) is 4.57 Å². The molecule has 0 saturated heterocycles. The second-order valence-electron chi connectivity index (χ2n) is 4.91. The monoisotopic (exact) mass is 256 g/mol. The topological polar surface area (TPSA) is 51.2 Å². The molecule has 0 fully saturated rings. The summed E-state index contributed by atoms with van der Waals surface area (Å²) in [7, 11) is 2.04. The van der Waals surface area contributed by atoms with Crippen LogP contribution in [0.3, 0.4) is 0 Å². The third-order valence-electron chi connectivity index (χ3n) is 3.74. The molecule has 1 aromatic carbocycles. The summed E-state index contributed by atoms with van der Waals surface area (Å²) in [6.45, 7) is 9.37. The number of aliphatic hydroxyl groups excluding tert-OH is 1. The predicted octanol–water partition coefficient (Wildman–Crippen LogP) is 3.07. The fourth-order valence-corrected chi connectivity index (χ4v) is 2.38. The van der Waals surface area contributed by atoms with Crippen molar-refractivity contribution in [2.24, 2.45) is 12.8 Å². The molecule has 3 heteroatoms. The van der Waals surface area contributed by atoms with E-state index < -0.39 is 6.04 Å². The minimum Gasteiger partial charge on any atom is -0.511 e. The molecule has 0 aliphatic heterocycles. The molecule has 3 N–H and O–H groups in total. The van der Waals surface area contributed by atoms with Gasteiger partial charge in [-0.3, -0.25) is 0 Å². The van der Waals surface area contributed by atoms with E-state index in [1.54, 1.807) is 0 Å². The fourth-order valence-electron chi connectivity index (χ4n) is 2.38. The van der Waals surface area contributed by atoms with Gasteiger partial charge in [0.15, 0.2) is 0 Å². The molecule has 0 amide bonds. The van der Waals surface area contributed by atoms with Crippen LogP contribution in [-0.4, -0.2) is 15.7 Å². The highest BCUT2D eigenvalue weighted by Crippen LogP contribution is 2.27. The molecule has 0 bridgehead atoms. The quantitative estimate of drug-likeness (QED) is 0.826. The highest BCUT2D eigenvalue weighted by Gasteiger charge is 2.16. The molecule has 1 heterocycles. The first-order valence-corrected chi connectivity index (χ1v) is 6.29. The Bertz CT molecular complexity index is 652. The first-order chi connectivity index (χ1) is 8.95. The van der Waals surface area contributed by atoms with Crippen molar-refractivity contribution in [2.45, 2.75) is 19.4 Å². The summed E-state index contributed by atoms with van der Waals surface area (Å²) in [4.78, 5) is 0. The van der Waals surface area contributed by atoms with E-state index in [-0.39, 0.29) is 5.76 Å². The standard InChI is InChI=1S/C16H20N2O/c1-5-12-6-7-13-14(9-15(17)11(3)19)10(2)18(4)16(13)8-12/h5-8,15,19H,1,3,9,17H2,2,4H3. The van der Waals surface area contributed by atoms with Crippen LogP contribution in [0.25, 0.3) is 17.0 Å². The molecule has 1 aromatic heterocycles. The number of fused-ring (bicyclic) bond motifs is 1. The van der Waals surface area contributed by atoms with E-state index in [9.17, 15) is 5.11 Å². The molecule has 0 saturated carbocycles. The molecule has 19 heavy (non-hydrogen) atoms. The van der Waals surface area contributed by atoms with E-state index in [0.29, 0.717) is 6.42 Å². The van der Waals surface area contributed by atoms with Crippen molar-refractivity contribution in [1.29, 1.82) is 0 Å². The minimum absolute atomic E-state index is 0.0270. The second kappa shape index (κ2) is 4.94.